The van der Waals surface area contributed by atoms with Gasteiger partial charge in [-0.2, -0.15) is 0 Å². The van der Waals surface area contributed by atoms with Gasteiger partial charge in [-0.3, -0.25) is 14.3 Å². The molecule has 33 heavy (non-hydrogen) atoms. The molecule has 2 amide bonds. The third-order valence-corrected chi connectivity index (χ3v) is 7.96. The number of carbonyl (C=O) groups excluding carboxylic acids is 2. The molecule has 0 aromatic heterocycles. The normalized spacial score (nSPS) is 16.5. The summed E-state index contributed by atoms with van der Waals surface area (Å²) < 4.78 is 27.5. The minimum Gasteiger partial charge on any atom is -0.280 e. The maximum Gasteiger partial charge on any atom is 0.261 e. The molecule has 3 aromatic rings. The molecule has 1 saturated heterocycles. The predicted octanol–water partition coefficient (Wildman–Crippen LogP) is 5.04. The summed E-state index contributed by atoms with van der Waals surface area (Å²) in [4.78, 5) is 27.7. The molecule has 1 heterocycles. The van der Waals surface area contributed by atoms with Crippen LogP contribution in [0.2, 0.25) is 0 Å². The van der Waals surface area contributed by atoms with Crippen LogP contribution >= 0.6 is 11.8 Å². The smallest absolute Gasteiger partial charge is 0.261 e. The predicted molar refractivity (Wildman–Crippen MR) is 131 cm³/mol. The molecule has 8 heteroatoms. The van der Waals surface area contributed by atoms with Crippen LogP contribution in [0, 0.1) is 0 Å². The van der Waals surface area contributed by atoms with Crippen molar-refractivity contribution in [3.05, 3.63) is 84.4 Å². The molecule has 3 aromatic carbocycles. The number of anilines is 2. The van der Waals surface area contributed by atoms with Crippen LogP contribution in [0.3, 0.4) is 0 Å². The van der Waals surface area contributed by atoms with Crippen LogP contribution in [0.5, 0.6) is 0 Å². The quantitative estimate of drug-likeness (QED) is 0.479. The fourth-order valence-electron chi connectivity index (χ4n) is 3.56. The Balaban J connectivity index is 1.43. The van der Waals surface area contributed by atoms with Crippen LogP contribution in [0.25, 0.3) is 0 Å². The number of amides is 2. The zero-order valence-corrected chi connectivity index (χ0v) is 19.9. The third-order valence-electron chi connectivity index (χ3n) is 5.36. The minimum absolute atomic E-state index is 0.123. The molecule has 1 atom stereocenters. The second-order valence-electron chi connectivity index (χ2n) is 8.07. The van der Waals surface area contributed by atoms with Gasteiger partial charge in [0.2, 0.25) is 11.8 Å². The summed E-state index contributed by atoms with van der Waals surface area (Å²) in [5.74, 6) is -0.0920. The Hall–Kier alpha value is -3.10. The average molecular weight is 481 g/mol. The van der Waals surface area contributed by atoms with Gasteiger partial charge in [0.15, 0.2) is 0 Å². The van der Waals surface area contributed by atoms with E-state index in [1.807, 2.05) is 24.3 Å². The van der Waals surface area contributed by atoms with Crippen molar-refractivity contribution in [3.8, 4) is 0 Å². The van der Waals surface area contributed by atoms with Crippen molar-refractivity contribution >= 4 is 45.0 Å². The maximum absolute atomic E-state index is 12.9. The first-order chi connectivity index (χ1) is 15.7. The molecular weight excluding hydrogens is 456 g/mol. The van der Waals surface area contributed by atoms with Crippen molar-refractivity contribution in [1.29, 1.82) is 0 Å². The average Bonchev–Trinajstić information content (AvgIpc) is 3.08. The van der Waals surface area contributed by atoms with Crippen molar-refractivity contribution < 1.29 is 18.0 Å². The second-order valence-corrected chi connectivity index (χ2v) is 11.0. The molecule has 1 N–H and O–H groups in total. The van der Waals surface area contributed by atoms with E-state index in [0.29, 0.717) is 17.3 Å². The van der Waals surface area contributed by atoms with Crippen LogP contribution in [0.1, 0.15) is 31.7 Å². The molecule has 0 radical (unpaired) electrons. The molecule has 4 rings (SSSR count). The van der Waals surface area contributed by atoms with E-state index in [4.69, 9.17) is 0 Å². The van der Waals surface area contributed by atoms with Gasteiger partial charge in [0.25, 0.3) is 10.0 Å². The van der Waals surface area contributed by atoms with E-state index >= 15 is 0 Å². The number of imide groups is 1. The maximum atomic E-state index is 12.9. The number of sulfonamides is 1. The number of nitrogens with zero attached hydrogens (tertiary/aromatic N) is 1. The lowest BCUT2D eigenvalue weighted by Crippen LogP contribution is -2.31. The summed E-state index contributed by atoms with van der Waals surface area (Å²) in [5, 5.41) is -0.519. The molecule has 170 valence electrons. The highest BCUT2D eigenvalue weighted by molar-refractivity contribution is 8.00. The van der Waals surface area contributed by atoms with Crippen LogP contribution in [0.4, 0.5) is 11.4 Å². The monoisotopic (exact) mass is 480 g/mol. The molecule has 0 saturated carbocycles. The molecule has 0 aliphatic carbocycles. The number of carbonyl (C=O) groups is 2. The summed E-state index contributed by atoms with van der Waals surface area (Å²) in [6.45, 7) is 4.18. The van der Waals surface area contributed by atoms with Gasteiger partial charge in [-0.05, 0) is 60.0 Å². The third kappa shape index (κ3) is 5.12. The van der Waals surface area contributed by atoms with Gasteiger partial charge in [-0.1, -0.05) is 44.2 Å². The summed E-state index contributed by atoms with van der Waals surface area (Å²) in [6.07, 6.45) is 0.123. The number of nitrogens with one attached hydrogen (secondary N) is 1. The first kappa shape index (κ1) is 23.1. The van der Waals surface area contributed by atoms with Crippen LogP contribution < -0.4 is 9.62 Å². The summed E-state index contributed by atoms with van der Waals surface area (Å²) in [7, 11) is -3.67. The molecule has 1 aliphatic heterocycles. The first-order valence-electron chi connectivity index (χ1n) is 10.6. The van der Waals surface area contributed by atoms with E-state index in [9.17, 15) is 18.0 Å². The Morgan fingerprint density at radius 2 is 1.55 bits per heavy atom. The van der Waals surface area contributed by atoms with E-state index in [1.54, 1.807) is 42.5 Å². The van der Waals surface area contributed by atoms with Gasteiger partial charge in [-0.25, -0.2) is 13.3 Å². The largest absolute Gasteiger partial charge is 0.280 e. The number of hydrogen-bond acceptors (Lipinski definition) is 5. The van der Waals surface area contributed by atoms with Crippen molar-refractivity contribution in [2.24, 2.45) is 0 Å². The Bertz CT molecular complexity index is 1260. The Kier molecular flexibility index (Phi) is 6.58. The summed E-state index contributed by atoms with van der Waals surface area (Å²) in [6, 6.07) is 22.4. The lowest BCUT2D eigenvalue weighted by Gasteiger charge is -2.16. The molecule has 0 bridgehead atoms. The van der Waals surface area contributed by atoms with Gasteiger partial charge in [-0.15, -0.1) is 11.8 Å². The molecule has 1 aliphatic rings. The molecule has 1 fully saturated rings. The van der Waals surface area contributed by atoms with Crippen LogP contribution in [0.15, 0.2) is 88.7 Å². The topological polar surface area (TPSA) is 83.6 Å². The molecule has 6 nitrogen and oxygen atoms in total. The molecule has 0 spiro atoms. The van der Waals surface area contributed by atoms with Crippen molar-refractivity contribution in [2.75, 3.05) is 9.62 Å². The highest BCUT2D eigenvalue weighted by Gasteiger charge is 2.40. The second kappa shape index (κ2) is 9.41. The minimum atomic E-state index is -3.67. The first-order valence-corrected chi connectivity index (χ1v) is 12.9. The fourth-order valence-corrected chi connectivity index (χ4v) is 5.69. The highest BCUT2D eigenvalue weighted by atomic mass is 32.2. The van der Waals surface area contributed by atoms with Crippen molar-refractivity contribution in [3.63, 3.8) is 0 Å². The lowest BCUT2D eigenvalue weighted by molar-refractivity contribution is -0.121. The van der Waals surface area contributed by atoms with E-state index in [-0.39, 0.29) is 23.1 Å². The number of hydrogen-bond donors (Lipinski definition) is 1. The van der Waals surface area contributed by atoms with Gasteiger partial charge < -0.3 is 0 Å². The van der Waals surface area contributed by atoms with Crippen molar-refractivity contribution in [1.82, 2.24) is 0 Å². The SMILES string of the molecule is CC(C)c1ccc(N2C(=O)CC(Sc3ccc(NS(=O)(=O)c4ccccc4)cc3)C2=O)cc1. The Labute approximate surface area is 198 Å². The van der Waals surface area contributed by atoms with E-state index < -0.39 is 15.3 Å². The van der Waals surface area contributed by atoms with Gasteiger partial charge in [0.1, 0.15) is 0 Å². The van der Waals surface area contributed by atoms with Gasteiger partial charge >= 0.3 is 0 Å². The summed E-state index contributed by atoms with van der Waals surface area (Å²) in [5.41, 5.74) is 2.15. The Morgan fingerprint density at radius 3 is 2.15 bits per heavy atom. The van der Waals surface area contributed by atoms with E-state index in [0.717, 1.165) is 10.5 Å². The fraction of sp³-hybridized carbons (Fsp3) is 0.200. The van der Waals surface area contributed by atoms with Crippen molar-refractivity contribution in [2.45, 2.75) is 41.2 Å². The summed E-state index contributed by atoms with van der Waals surface area (Å²) >= 11 is 1.30. The number of rotatable bonds is 7. The lowest BCUT2D eigenvalue weighted by atomic mass is 10.0. The van der Waals surface area contributed by atoms with Crippen LogP contribution in [-0.4, -0.2) is 25.5 Å². The molecule has 1 unspecified atom stereocenters. The molecular formula is C25H24N2O4S2. The van der Waals surface area contributed by atoms with Gasteiger partial charge in [0.05, 0.1) is 15.8 Å². The zero-order chi connectivity index (χ0) is 23.6. The Morgan fingerprint density at radius 1 is 0.909 bits per heavy atom. The number of thioether (sulfide) groups is 1. The van der Waals surface area contributed by atoms with Gasteiger partial charge in [0, 0.05) is 17.0 Å². The van der Waals surface area contributed by atoms with E-state index in [2.05, 4.69) is 18.6 Å². The van der Waals surface area contributed by atoms with Crippen LogP contribution in [-0.2, 0) is 19.6 Å². The highest BCUT2D eigenvalue weighted by Crippen LogP contribution is 2.35. The standard InChI is InChI=1S/C25H24N2O4S2/c1-17(2)18-8-12-20(13-9-18)27-24(28)16-23(25(27)29)32-21-14-10-19(11-15-21)26-33(30,31)22-6-4-3-5-7-22/h3-15,17,23,26H,16H2,1-2H3. The van der Waals surface area contributed by atoms with E-state index in [1.165, 1.54) is 28.8 Å². The number of benzene rings is 3. The zero-order valence-electron chi connectivity index (χ0n) is 18.3.